The van der Waals surface area contributed by atoms with Crippen molar-refractivity contribution in [3.8, 4) is 5.75 Å². The van der Waals surface area contributed by atoms with Crippen molar-refractivity contribution in [2.45, 2.75) is 51.0 Å². The van der Waals surface area contributed by atoms with Crippen molar-refractivity contribution in [1.29, 1.82) is 0 Å². The Bertz CT molecular complexity index is 846. The lowest BCUT2D eigenvalue weighted by Crippen LogP contribution is -2.52. The highest BCUT2D eigenvalue weighted by Gasteiger charge is 2.44. The summed E-state index contributed by atoms with van der Waals surface area (Å²) in [6.07, 6.45) is 0.594. The number of benzene rings is 1. The van der Waals surface area contributed by atoms with Crippen molar-refractivity contribution in [3.63, 3.8) is 0 Å². The highest BCUT2D eigenvalue weighted by atomic mass is 79.9. The van der Waals surface area contributed by atoms with Gasteiger partial charge in [-0.1, -0.05) is 22.9 Å². The number of rotatable bonds is 3. The van der Waals surface area contributed by atoms with Gasteiger partial charge < -0.3 is 19.5 Å². The Hall–Kier alpha value is -1.63. The molecule has 1 aromatic carbocycles. The van der Waals surface area contributed by atoms with Gasteiger partial charge in [0.05, 0.1) is 12.1 Å². The van der Waals surface area contributed by atoms with Crippen LogP contribution in [0.25, 0.3) is 0 Å². The molecule has 0 fully saturated rings. The molecule has 0 aliphatic carbocycles. The van der Waals surface area contributed by atoms with E-state index in [2.05, 4.69) is 15.9 Å². The van der Waals surface area contributed by atoms with Crippen LogP contribution in [0.4, 0.5) is 0 Å². The van der Waals surface area contributed by atoms with Crippen LogP contribution >= 0.6 is 15.9 Å². The Morgan fingerprint density at radius 3 is 2.68 bits per heavy atom. The average Bonchev–Trinajstić information content (AvgIpc) is 2.56. The summed E-state index contributed by atoms with van der Waals surface area (Å²) in [5, 5.41) is 20.8. The molecule has 134 valence electrons. The Balaban J connectivity index is 2.15. The third-order valence-corrected chi connectivity index (χ3v) is 5.21. The van der Waals surface area contributed by atoms with E-state index in [4.69, 9.17) is 4.74 Å². The van der Waals surface area contributed by atoms with Crippen molar-refractivity contribution in [2.24, 2.45) is 0 Å². The second-order valence-electron chi connectivity index (χ2n) is 6.91. The minimum Gasteiger partial charge on any atom is -0.485 e. The van der Waals surface area contributed by atoms with E-state index in [-0.39, 0.29) is 5.56 Å². The molecule has 2 N–H and O–H groups in total. The van der Waals surface area contributed by atoms with Crippen LogP contribution in [0.5, 0.6) is 5.75 Å². The van der Waals surface area contributed by atoms with E-state index in [1.165, 1.54) is 10.6 Å². The largest absolute Gasteiger partial charge is 0.485 e. The van der Waals surface area contributed by atoms with Crippen molar-refractivity contribution in [1.82, 2.24) is 4.57 Å². The zero-order valence-corrected chi connectivity index (χ0v) is 16.0. The molecular formula is C19H22BrNO4. The number of aliphatic hydroxyl groups excluding tert-OH is 2. The third-order valence-electron chi connectivity index (χ3n) is 4.72. The summed E-state index contributed by atoms with van der Waals surface area (Å²) in [6.45, 7) is 5.46. The lowest BCUT2D eigenvalue weighted by molar-refractivity contribution is -0.0643. The first-order chi connectivity index (χ1) is 11.7. The number of nitrogens with zero attached hydrogens (tertiary/aromatic N) is 1. The van der Waals surface area contributed by atoms with Crippen LogP contribution in [-0.4, -0.2) is 26.5 Å². The van der Waals surface area contributed by atoms with Gasteiger partial charge in [0.2, 0.25) is 0 Å². The quantitative estimate of drug-likeness (QED) is 0.819. The fourth-order valence-corrected chi connectivity index (χ4v) is 3.60. The molecule has 0 spiro atoms. The van der Waals surface area contributed by atoms with E-state index in [9.17, 15) is 15.0 Å². The SMILES string of the molecule is CCC(O)c1ccn([C@@H]2c3cc(Br)ccc3OC(C)(C)[C@H]2O)c(=O)c1. The summed E-state index contributed by atoms with van der Waals surface area (Å²) in [5.74, 6) is 0.646. The van der Waals surface area contributed by atoms with E-state index in [0.717, 1.165) is 10.0 Å². The summed E-state index contributed by atoms with van der Waals surface area (Å²) in [4.78, 5) is 12.7. The van der Waals surface area contributed by atoms with Crippen LogP contribution in [0.15, 0.2) is 45.8 Å². The van der Waals surface area contributed by atoms with E-state index < -0.39 is 23.9 Å². The predicted octanol–water partition coefficient (Wildman–Crippen LogP) is 3.18. The lowest BCUT2D eigenvalue weighted by Gasteiger charge is -2.42. The van der Waals surface area contributed by atoms with Crippen LogP contribution < -0.4 is 10.3 Å². The molecule has 5 nitrogen and oxygen atoms in total. The van der Waals surface area contributed by atoms with Gasteiger partial charge in [-0.15, -0.1) is 0 Å². The van der Waals surface area contributed by atoms with Gasteiger partial charge in [0, 0.05) is 22.3 Å². The van der Waals surface area contributed by atoms with Crippen LogP contribution in [0, 0.1) is 0 Å². The van der Waals surface area contributed by atoms with Gasteiger partial charge in [-0.2, -0.15) is 0 Å². The van der Waals surface area contributed by atoms with Crippen molar-refractivity contribution in [3.05, 3.63) is 62.5 Å². The van der Waals surface area contributed by atoms with Gasteiger partial charge in [0.1, 0.15) is 17.5 Å². The molecule has 3 rings (SSSR count). The first-order valence-corrected chi connectivity index (χ1v) is 9.10. The first kappa shape index (κ1) is 18.2. The number of fused-ring (bicyclic) bond motifs is 1. The summed E-state index contributed by atoms with van der Waals surface area (Å²) in [5.41, 5.74) is 0.218. The highest BCUT2D eigenvalue weighted by molar-refractivity contribution is 9.10. The number of pyridine rings is 1. The summed E-state index contributed by atoms with van der Waals surface area (Å²) in [6, 6.07) is 8.15. The predicted molar refractivity (Wildman–Crippen MR) is 98.9 cm³/mol. The number of halogens is 1. The molecule has 0 saturated heterocycles. The monoisotopic (exact) mass is 407 g/mol. The minimum atomic E-state index is -0.908. The topological polar surface area (TPSA) is 71.7 Å². The average molecular weight is 408 g/mol. The number of aliphatic hydroxyl groups is 2. The number of ether oxygens (including phenoxy) is 1. The van der Waals surface area contributed by atoms with Gasteiger partial charge in [-0.05, 0) is 50.1 Å². The minimum absolute atomic E-state index is 0.266. The Labute approximate surface area is 155 Å². The fourth-order valence-electron chi connectivity index (χ4n) is 3.22. The molecule has 2 aromatic rings. The number of hydrogen-bond donors (Lipinski definition) is 2. The highest BCUT2D eigenvalue weighted by Crippen LogP contribution is 2.42. The Morgan fingerprint density at radius 2 is 2.04 bits per heavy atom. The second-order valence-corrected chi connectivity index (χ2v) is 7.82. The zero-order chi connectivity index (χ0) is 18.4. The Morgan fingerprint density at radius 1 is 1.32 bits per heavy atom. The van der Waals surface area contributed by atoms with Crippen LogP contribution in [0.1, 0.15) is 50.5 Å². The molecule has 0 radical (unpaired) electrons. The standard InChI is InChI=1S/C19H22BrNO4/c1-4-14(22)11-7-8-21(16(23)9-11)17-13-10-12(20)5-6-15(13)25-19(2,3)18(17)24/h5-10,14,17-18,22,24H,4H2,1-3H3/t14?,17-,18+/m1/s1. The number of hydrogen-bond acceptors (Lipinski definition) is 4. The summed E-state index contributed by atoms with van der Waals surface area (Å²) in [7, 11) is 0. The molecule has 0 bridgehead atoms. The maximum absolute atomic E-state index is 12.7. The maximum atomic E-state index is 12.7. The summed E-state index contributed by atoms with van der Waals surface area (Å²) < 4.78 is 8.28. The van der Waals surface area contributed by atoms with Gasteiger partial charge in [0.25, 0.3) is 5.56 Å². The molecular weight excluding hydrogens is 386 g/mol. The van der Waals surface area contributed by atoms with Gasteiger partial charge in [0.15, 0.2) is 0 Å². The van der Waals surface area contributed by atoms with E-state index in [1.54, 1.807) is 26.1 Å². The maximum Gasteiger partial charge on any atom is 0.251 e. The van der Waals surface area contributed by atoms with E-state index >= 15 is 0 Å². The van der Waals surface area contributed by atoms with E-state index in [1.807, 2.05) is 25.1 Å². The number of aromatic nitrogens is 1. The first-order valence-electron chi connectivity index (χ1n) is 8.31. The molecule has 1 aliphatic rings. The molecule has 3 atom stereocenters. The molecule has 1 aliphatic heterocycles. The van der Waals surface area contributed by atoms with Crippen molar-refractivity contribution in [2.75, 3.05) is 0 Å². The van der Waals surface area contributed by atoms with Crippen LogP contribution in [-0.2, 0) is 0 Å². The Kier molecular flexibility index (Phi) is 4.79. The lowest BCUT2D eigenvalue weighted by atomic mass is 9.86. The van der Waals surface area contributed by atoms with Crippen molar-refractivity contribution >= 4 is 15.9 Å². The van der Waals surface area contributed by atoms with Crippen molar-refractivity contribution < 1.29 is 14.9 Å². The van der Waals surface area contributed by atoms with Gasteiger partial charge in [-0.3, -0.25) is 4.79 Å². The van der Waals surface area contributed by atoms with Crippen LogP contribution in [0.2, 0.25) is 0 Å². The smallest absolute Gasteiger partial charge is 0.251 e. The van der Waals surface area contributed by atoms with E-state index in [0.29, 0.717) is 17.7 Å². The molecule has 6 heteroatoms. The molecule has 25 heavy (non-hydrogen) atoms. The third kappa shape index (κ3) is 3.26. The normalized spacial score (nSPS) is 22.8. The van der Waals surface area contributed by atoms with Gasteiger partial charge >= 0.3 is 0 Å². The zero-order valence-electron chi connectivity index (χ0n) is 14.4. The molecule has 1 aromatic heterocycles. The molecule has 2 heterocycles. The molecule has 0 saturated carbocycles. The second kappa shape index (κ2) is 6.59. The van der Waals surface area contributed by atoms with Gasteiger partial charge in [-0.25, -0.2) is 0 Å². The molecule has 0 amide bonds. The van der Waals surface area contributed by atoms with Crippen LogP contribution in [0.3, 0.4) is 0 Å². The summed E-state index contributed by atoms with van der Waals surface area (Å²) >= 11 is 3.44. The molecule has 1 unspecified atom stereocenters. The fraction of sp³-hybridized carbons (Fsp3) is 0.421.